The van der Waals surface area contributed by atoms with Gasteiger partial charge in [0.1, 0.15) is 5.75 Å². The van der Waals surface area contributed by atoms with Crippen molar-refractivity contribution < 1.29 is 4.74 Å². The molecule has 1 aliphatic rings. The van der Waals surface area contributed by atoms with Gasteiger partial charge in [0.15, 0.2) is 0 Å². The van der Waals surface area contributed by atoms with Gasteiger partial charge in [0.2, 0.25) is 0 Å². The number of rotatable bonds is 6. The van der Waals surface area contributed by atoms with Crippen LogP contribution in [0.25, 0.3) is 0 Å². The minimum absolute atomic E-state index is 0.837. The SMILES string of the molecule is Cc1ccc(C)c(OCCCCN2C[C@@H](C)C[C@H](C)C2)c1C. The van der Waals surface area contributed by atoms with E-state index in [2.05, 4.69) is 51.7 Å². The fraction of sp³-hybridized carbons (Fsp3) is 0.700. The lowest BCUT2D eigenvalue weighted by atomic mass is 9.92. The summed E-state index contributed by atoms with van der Waals surface area (Å²) < 4.78 is 6.06. The normalized spacial score (nSPS) is 22.8. The van der Waals surface area contributed by atoms with Crippen LogP contribution < -0.4 is 4.74 Å². The summed E-state index contributed by atoms with van der Waals surface area (Å²) in [6, 6.07) is 4.34. The molecule has 1 heterocycles. The van der Waals surface area contributed by atoms with Crippen molar-refractivity contribution in [2.24, 2.45) is 11.8 Å². The summed E-state index contributed by atoms with van der Waals surface area (Å²) in [6.45, 7) is 15.8. The number of likely N-dealkylation sites (tertiary alicyclic amines) is 1. The zero-order valence-electron chi connectivity index (χ0n) is 15.1. The van der Waals surface area contributed by atoms with Gasteiger partial charge in [-0.05, 0) is 75.1 Å². The highest BCUT2D eigenvalue weighted by molar-refractivity contribution is 5.44. The summed E-state index contributed by atoms with van der Waals surface area (Å²) >= 11 is 0. The predicted octanol–water partition coefficient (Wildman–Crippen LogP) is 4.75. The molecule has 1 aromatic carbocycles. The zero-order valence-corrected chi connectivity index (χ0v) is 15.1. The molecule has 0 saturated carbocycles. The molecule has 2 atom stereocenters. The van der Waals surface area contributed by atoms with E-state index < -0.39 is 0 Å². The first kappa shape index (κ1) is 17.3. The van der Waals surface area contributed by atoms with Gasteiger partial charge in [0, 0.05) is 13.1 Å². The van der Waals surface area contributed by atoms with Gasteiger partial charge in [-0.2, -0.15) is 0 Å². The van der Waals surface area contributed by atoms with Crippen molar-refractivity contribution in [3.8, 4) is 5.75 Å². The zero-order chi connectivity index (χ0) is 16.1. The second-order valence-electron chi connectivity index (χ2n) is 7.41. The van der Waals surface area contributed by atoms with E-state index in [0.29, 0.717) is 0 Å². The van der Waals surface area contributed by atoms with Crippen molar-refractivity contribution in [2.75, 3.05) is 26.2 Å². The minimum atomic E-state index is 0.837. The molecule has 0 spiro atoms. The highest BCUT2D eigenvalue weighted by Crippen LogP contribution is 2.26. The van der Waals surface area contributed by atoms with Crippen LogP contribution in [0.2, 0.25) is 0 Å². The Morgan fingerprint density at radius 1 is 1.00 bits per heavy atom. The molecule has 2 rings (SSSR count). The topological polar surface area (TPSA) is 12.5 Å². The van der Waals surface area contributed by atoms with Crippen LogP contribution in [0.3, 0.4) is 0 Å². The molecule has 124 valence electrons. The third-order valence-corrected chi connectivity index (χ3v) is 4.93. The Kier molecular flexibility index (Phi) is 6.31. The number of piperidine rings is 1. The third kappa shape index (κ3) is 4.74. The molecule has 1 aromatic rings. The lowest BCUT2D eigenvalue weighted by molar-refractivity contribution is 0.136. The fourth-order valence-electron chi connectivity index (χ4n) is 3.73. The summed E-state index contributed by atoms with van der Waals surface area (Å²) in [7, 11) is 0. The number of hydrogen-bond donors (Lipinski definition) is 0. The van der Waals surface area contributed by atoms with Crippen molar-refractivity contribution in [2.45, 2.75) is 53.9 Å². The number of nitrogens with zero attached hydrogens (tertiary/aromatic N) is 1. The Morgan fingerprint density at radius 3 is 2.32 bits per heavy atom. The lowest BCUT2D eigenvalue weighted by Gasteiger charge is -2.34. The maximum atomic E-state index is 6.06. The molecule has 0 aliphatic carbocycles. The first-order valence-corrected chi connectivity index (χ1v) is 8.89. The summed E-state index contributed by atoms with van der Waals surface area (Å²) in [4.78, 5) is 2.64. The quantitative estimate of drug-likeness (QED) is 0.703. The average molecular weight is 303 g/mol. The van der Waals surface area contributed by atoms with Crippen molar-refractivity contribution in [3.63, 3.8) is 0 Å². The molecule has 1 fully saturated rings. The van der Waals surface area contributed by atoms with E-state index >= 15 is 0 Å². The molecule has 0 radical (unpaired) electrons. The van der Waals surface area contributed by atoms with Gasteiger partial charge in [-0.25, -0.2) is 0 Å². The summed E-state index contributed by atoms with van der Waals surface area (Å²) in [5, 5.41) is 0. The Labute approximate surface area is 136 Å². The fourth-order valence-corrected chi connectivity index (χ4v) is 3.73. The first-order valence-electron chi connectivity index (χ1n) is 8.89. The molecular weight excluding hydrogens is 270 g/mol. The van der Waals surface area contributed by atoms with E-state index in [4.69, 9.17) is 4.74 Å². The molecule has 22 heavy (non-hydrogen) atoms. The van der Waals surface area contributed by atoms with Crippen molar-refractivity contribution in [1.29, 1.82) is 0 Å². The van der Waals surface area contributed by atoms with Crippen LogP contribution in [0.5, 0.6) is 5.75 Å². The molecule has 2 heteroatoms. The average Bonchev–Trinajstić information content (AvgIpc) is 2.45. The number of ether oxygens (including phenoxy) is 1. The van der Waals surface area contributed by atoms with Gasteiger partial charge in [0.25, 0.3) is 0 Å². The molecule has 0 bridgehead atoms. The first-order chi connectivity index (χ1) is 10.5. The molecule has 0 amide bonds. The van der Waals surface area contributed by atoms with Crippen LogP contribution in [0.1, 0.15) is 49.8 Å². The predicted molar refractivity (Wildman–Crippen MR) is 94.8 cm³/mol. The van der Waals surface area contributed by atoms with Crippen molar-refractivity contribution in [1.82, 2.24) is 4.90 Å². The van der Waals surface area contributed by atoms with Crippen LogP contribution in [0.15, 0.2) is 12.1 Å². The van der Waals surface area contributed by atoms with Gasteiger partial charge in [-0.15, -0.1) is 0 Å². The van der Waals surface area contributed by atoms with Gasteiger partial charge in [-0.3, -0.25) is 0 Å². The van der Waals surface area contributed by atoms with Crippen molar-refractivity contribution >= 4 is 0 Å². The van der Waals surface area contributed by atoms with E-state index in [1.165, 1.54) is 49.2 Å². The maximum absolute atomic E-state index is 6.06. The van der Waals surface area contributed by atoms with Crippen LogP contribution >= 0.6 is 0 Å². The molecule has 0 N–H and O–H groups in total. The molecule has 0 unspecified atom stereocenters. The lowest BCUT2D eigenvalue weighted by Crippen LogP contribution is -2.39. The molecule has 1 aliphatic heterocycles. The molecule has 2 nitrogen and oxygen atoms in total. The Bertz CT molecular complexity index is 473. The monoisotopic (exact) mass is 303 g/mol. The van der Waals surface area contributed by atoms with Crippen molar-refractivity contribution in [3.05, 3.63) is 28.8 Å². The van der Waals surface area contributed by atoms with Crippen LogP contribution in [-0.2, 0) is 0 Å². The smallest absolute Gasteiger partial charge is 0.125 e. The summed E-state index contributed by atoms with van der Waals surface area (Å²) in [6.07, 6.45) is 3.78. The highest BCUT2D eigenvalue weighted by Gasteiger charge is 2.20. The second-order valence-corrected chi connectivity index (χ2v) is 7.41. The highest BCUT2D eigenvalue weighted by atomic mass is 16.5. The van der Waals surface area contributed by atoms with E-state index in [1.54, 1.807) is 0 Å². The van der Waals surface area contributed by atoms with E-state index in [9.17, 15) is 0 Å². The standard InChI is InChI=1S/C20H33NO/c1-15-12-16(2)14-21(13-15)10-6-7-11-22-20-18(4)9-8-17(3)19(20)5/h8-9,15-16H,6-7,10-14H2,1-5H3/t15-,16-/m0/s1. The molecule has 1 saturated heterocycles. The Morgan fingerprint density at radius 2 is 1.64 bits per heavy atom. The third-order valence-electron chi connectivity index (χ3n) is 4.93. The Balaban J connectivity index is 1.71. The number of aryl methyl sites for hydroxylation is 2. The summed E-state index contributed by atoms with van der Waals surface area (Å²) in [5.41, 5.74) is 3.86. The van der Waals surface area contributed by atoms with Gasteiger partial charge in [0.05, 0.1) is 6.61 Å². The number of hydrogen-bond acceptors (Lipinski definition) is 2. The summed E-state index contributed by atoms with van der Waals surface area (Å²) in [5.74, 6) is 2.82. The molecular formula is C20H33NO. The van der Waals surface area contributed by atoms with Crippen LogP contribution in [-0.4, -0.2) is 31.1 Å². The maximum Gasteiger partial charge on any atom is 0.125 e. The second kappa shape index (κ2) is 8.01. The van der Waals surface area contributed by atoms with E-state index in [1.807, 2.05) is 0 Å². The minimum Gasteiger partial charge on any atom is -0.493 e. The number of benzene rings is 1. The Hall–Kier alpha value is -1.02. The van der Waals surface area contributed by atoms with Gasteiger partial charge in [-0.1, -0.05) is 26.0 Å². The van der Waals surface area contributed by atoms with E-state index in [0.717, 1.165) is 30.6 Å². The largest absolute Gasteiger partial charge is 0.493 e. The number of unbranched alkanes of at least 4 members (excludes halogenated alkanes) is 1. The van der Waals surface area contributed by atoms with E-state index in [-0.39, 0.29) is 0 Å². The van der Waals surface area contributed by atoms with Gasteiger partial charge < -0.3 is 9.64 Å². The van der Waals surface area contributed by atoms with Crippen LogP contribution in [0.4, 0.5) is 0 Å². The molecule has 0 aromatic heterocycles. The van der Waals surface area contributed by atoms with Crippen LogP contribution in [0, 0.1) is 32.6 Å². The van der Waals surface area contributed by atoms with Gasteiger partial charge >= 0.3 is 0 Å².